The van der Waals surface area contributed by atoms with Crippen LogP contribution in [0.25, 0.3) is 5.76 Å². The zero-order valence-corrected chi connectivity index (χ0v) is 6.78. The van der Waals surface area contributed by atoms with Gasteiger partial charge in [-0.1, -0.05) is 6.58 Å². The van der Waals surface area contributed by atoms with Crippen LogP contribution in [0.4, 0.5) is 0 Å². The van der Waals surface area contributed by atoms with E-state index in [0.29, 0.717) is 11.7 Å². The summed E-state index contributed by atoms with van der Waals surface area (Å²) in [6.07, 6.45) is 1.82. The van der Waals surface area contributed by atoms with Crippen molar-refractivity contribution in [2.45, 2.75) is 19.9 Å². The van der Waals surface area contributed by atoms with Crippen molar-refractivity contribution in [1.82, 2.24) is 9.78 Å². The molecule has 0 fully saturated rings. The molecule has 60 valence electrons. The van der Waals surface area contributed by atoms with Crippen LogP contribution in [0.1, 0.15) is 25.6 Å². The summed E-state index contributed by atoms with van der Waals surface area (Å²) in [6.45, 7) is 7.43. The highest BCUT2D eigenvalue weighted by molar-refractivity contribution is 5.50. The van der Waals surface area contributed by atoms with Crippen LogP contribution in [0.15, 0.2) is 18.8 Å². The third-order valence-electron chi connectivity index (χ3n) is 1.43. The Hall–Kier alpha value is -1.25. The molecule has 0 atom stereocenters. The highest BCUT2D eigenvalue weighted by Crippen LogP contribution is 2.08. The summed E-state index contributed by atoms with van der Waals surface area (Å²) in [4.78, 5) is 0. The number of hydrogen-bond donors (Lipinski definition) is 1. The quantitative estimate of drug-likeness (QED) is 0.658. The van der Waals surface area contributed by atoms with Crippen LogP contribution in [0, 0.1) is 0 Å². The van der Waals surface area contributed by atoms with E-state index in [-0.39, 0.29) is 5.76 Å². The molecule has 0 aliphatic carbocycles. The molecule has 1 aromatic heterocycles. The Morgan fingerprint density at radius 3 is 2.64 bits per heavy atom. The highest BCUT2D eigenvalue weighted by Gasteiger charge is 2.02. The molecular formula is C8H12N2O. The standard InChI is InChI=1S/C8H12N2O/c1-6(2)10-5-4-8(9-10)7(3)11/h4-6,11H,3H2,1-2H3. The van der Waals surface area contributed by atoms with E-state index in [0.717, 1.165) is 0 Å². The number of aliphatic hydroxyl groups excluding tert-OH is 1. The van der Waals surface area contributed by atoms with Gasteiger partial charge in [-0.25, -0.2) is 0 Å². The molecule has 1 heterocycles. The Bertz CT molecular complexity index is 263. The number of hydrogen-bond acceptors (Lipinski definition) is 2. The molecule has 1 rings (SSSR count). The van der Waals surface area contributed by atoms with Crippen molar-refractivity contribution < 1.29 is 5.11 Å². The summed E-state index contributed by atoms with van der Waals surface area (Å²) < 4.78 is 1.77. The lowest BCUT2D eigenvalue weighted by Gasteiger charge is -2.02. The van der Waals surface area contributed by atoms with Crippen molar-refractivity contribution in [2.75, 3.05) is 0 Å². The Balaban J connectivity index is 2.90. The minimum absolute atomic E-state index is 0.0180. The fraction of sp³-hybridized carbons (Fsp3) is 0.375. The average molecular weight is 152 g/mol. The van der Waals surface area contributed by atoms with E-state index in [2.05, 4.69) is 11.7 Å². The number of nitrogens with zero attached hydrogens (tertiary/aromatic N) is 2. The number of rotatable bonds is 2. The van der Waals surface area contributed by atoms with Crippen molar-refractivity contribution in [3.8, 4) is 0 Å². The molecule has 0 radical (unpaired) electrons. The minimum atomic E-state index is 0.0180. The molecule has 11 heavy (non-hydrogen) atoms. The third-order valence-corrected chi connectivity index (χ3v) is 1.43. The zero-order valence-electron chi connectivity index (χ0n) is 6.78. The van der Waals surface area contributed by atoms with Crippen molar-refractivity contribution >= 4 is 5.76 Å². The predicted molar refractivity (Wildman–Crippen MR) is 44.3 cm³/mol. The van der Waals surface area contributed by atoms with Gasteiger partial charge >= 0.3 is 0 Å². The molecule has 1 aromatic rings. The first-order valence-electron chi connectivity index (χ1n) is 3.54. The van der Waals surface area contributed by atoms with E-state index < -0.39 is 0 Å². The van der Waals surface area contributed by atoms with Gasteiger partial charge in [0.1, 0.15) is 11.5 Å². The molecule has 0 spiro atoms. The normalized spacial score (nSPS) is 10.5. The molecule has 1 N–H and O–H groups in total. The second-order valence-electron chi connectivity index (χ2n) is 2.72. The monoisotopic (exact) mass is 152 g/mol. The van der Waals surface area contributed by atoms with Gasteiger partial charge in [-0.2, -0.15) is 5.10 Å². The van der Waals surface area contributed by atoms with Gasteiger partial charge in [-0.3, -0.25) is 4.68 Å². The van der Waals surface area contributed by atoms with Crippen molar-refractivity contribution in [1.29, 1.82) is 0 Å². The van der Waals surface area contributed by atoms with Crippen LogP contribution in [0.3, 0.4) is 0 Å². The first-order chi connectivity index (χ1) is 5.11. The molecule has 0 bridgehead atoms. The molecular weight excluding hydrogens is 140 g/mol. The van der Waals surface area contributed by atoms with Gasteiger partial charge in [0.25, 0.3) is 0 Å². The highest BCUT2D eigenvalue weighted by atomic mass is 16.3. The molecule has 3 nitrogen and oxygen atoms in total. The lowest BCUT2D eigenvalue weighted by atomic mass is 10.4. The topological polar surface area (TPSA) is 38.0 Å². The van der Waals surface area contributed by atoms with E-state index in [9.17, 15) is 0 Å². The van der Waals surface area contributed by atoms with Crippen molar-refractivity contribution in [2.24, 2.45) is 0 Å². The molecule has 0 aliphatic heterocycles. The van der Waals surface area contributed by atoms with Gasteiger partial charge in [0.05, 0.1) is 0 Å². The van der Waals surface area contributed by atoms with Gasteiger partial charge in [-0.05, 0) is 19.9 Å². The van der Waals surface area contributed by atoms with E-state index in [4.69, 9.17) is 5.11 Å². The Morgan fingerprint density at radius 2 is 2.36 bits per heavy atom. The van der Waals surface area contributed by atoms with Crippen LogP contribution >= 0.6 is 0 Å². The predicted octanol–water partition coefficient (Wildman–Crippen LogP) is 1.99. The number of aromatic nitrogens is 2. The van der Waals surface area contributed by atoms with Gasteiger partial charge < -0.3 is 5.11 Å². The first-order valence-corrected chi connectivity index (χ1v) is 3.54. The second-order valence-corrected chi connectivity index (χ2v) is 2.72. The summed E-state index contributed by atoms with van der Waals surface area (Å²) in [5.74, 6) is 0.0180. The van der Waals surface area contributed by atoms with Crippen LogP contribution < -0.4 is 0 Å². The fourth-order valence-electron chi connectivity index (χ4n) is 0.780. The first kappa shape index (κ1) is 7.85. The summed E-state index contributed by atoms with van der Waals surface area (Å²) in [5, 5.41) is 13.0. The zero-order chi connectivity index (χ0) is 8.43. The van der Waals surface area contributed by atoms with E-state index in [1.54, 1.807) is 10.7 Å². The Kier molecular flexibility index (Phi) is 1.98. The summed E-state index contributed by atoms with van der Waals surface area (Å²) >= 11 is 0. The van der Waals surface area contributed by atoms with Gasteiger partial charge in [0.15, 0.2) is 0 Å². The minimum Gasteiger partial charge on any atom is -0.506 e. The Morgan fingerprint density at radius 1 is 1.73 bits per heavy atom. The molecule has 3 heteroatoms. The average Bonchev–Trinajstić information content (AvgIpc) is 2.33. The summed E-state index contributed by atoms with van der Waals surface area (Å²) in [5.41, 5.74) is 0.540. The van der Waals surface area contributed by atoms with Crippen LogP contribution in [-0.4, -0.2) is 14.9 Å². The third kappa shape index (κ3) is 1.61. The maximum absolute atomic E-state index is 8.95. The van der Waals surface area contributed by atoms with E-state index in [1.807, 2.05) is 20.0 Å². The smallest absolute Gasteiger partial charge is 0.135 e. The molecule has 0 saturated carbocycles. The van der Waals surface area contributed by atoms with Crippen LogP contribution in [0.5, 0.6) is 0 Å². The second kappa shape index (κ2) is 2.78. The molecule has 0 unspecified atom stereocenters. The molecule has 0 aromatic carbocycles. The van der Waals surface area contributed by atoms with Gasteiger partial charge in [-0.15, -0.1) is 0 Å². The maximum atomic E-state index is 8.95. The molecule has 0 aliphatic rings. The summed E-state index contributed by atoms with van der Waals surface area (Å²) in [6, 6.07) is 2.06. The van der Waals surface area contributed by atoms with Gasteiger partial charge in [0, 0.05) is 12.2 Å². The lowest BCUT2D eigenvalue weighted by molar-refractivity contribution is 0.496. The largest absolute Gasteiger partial charge is 0.506 e. The van der Waals surface area contributed by atoms with E-state index >= 15 is 0 Å². The fourth-order valence-corrected chi connectivity index (χ4v) is 0.780. The van der Waals surface area contributed by atoms with E-state index in [1.165, 1.54) is 0 Å². The van der Waals surface area contributed by atoms with Crippen LogP contribution in [-0.2, 0) is 0 Å². The molecule has 0 amide bonds. The Labute approximate surface area is 66.0 Å². The summed E-state index contributed by atoms with van der Waals surface area (Å²) in [7, 11) is 0. The van der Waals surface area contributed by atoms with Crippen molar-refractivity contribution in [3.63, 3.8) is 0 Å². The van der Waals surface area contributed by atoms with Crippen LogP contribution in [0.2, 0.25) is 0 Å². The number of aliphatic hydroxyl groups is 1. The van der Waals surface area contributed by atoms with Crippen molar-refractivity contribution in [3.05, 3.63) is 24.5 Å². The van der Waals surface area contributed by atoms with Gasteiger partial charge in [0.2, 0.25) is 0 Å². The molecule has 0 saturated heterocycles. The lowest BCUT2D eigenvalue weighted by Crippen LogP contribution is -2.01. The maximum Gasteiger partial charge on any atom is 0.135 e. The SMILES string of the molecule is C=C(O)c1ccn(C(C)C)n1.